The number of carbonyl (C=O) groups excluding carboxylic acids is 2. The molecule has 1 aromatic heterocycles. The molecule has 0 spiro atoms. The number of benzene rings is 1. The highest BCUT2D eigenvalue weighted by atomic mass is 16.6. The Morgan fingerprint density at radius 3 is 2.62 bits per heavy atom. The lowest BCUT2D eigenvalue weighted by molar-refractivity contribution is -0.384. The summed E-state index contributed by atoms with van der Waals surface area (Å²) in [6, 6.07) is 9.39. The highest BCUT2D eigenvalue weighted by Crippen LogP contribution is 2.49. The number of carboxylic acids is 1. The van der Waals surface area contributed by atoms with E-state index in [-0.39, 0.29) is 11.4 Å². The molecule has 4 unspecified atom stereocenters. The molecule has 29 heavy (non-hydrogen) atoms. The molecule has 148 valence electrons. The van der Waals surface area contributed by atoms with E-state index >= 15 is 0 Å². The first-order chi connectivity index (χ1) is 13.8. The number of aromatic nitrogens is 1. The van der Waals surface area contributed by atoms with Gasteiger partial charge in [-0.25, -0.2) is 4.90 Å². The minimum Gasteiger partial charge on any atom is -0.480 e. The van der Waals surface area contributed by atoms with Crippen molar-refractivity contribution in [3.8, 4) is 0 Å². The molecule has 2 aliphatic heterocycles. The Kier molecular flexibility index (Phi) is 4.16. The number of rotatable bonds is 4. The average molecular weight is 396 g/mol. The van der Waals surface area contributed by atoms with E-state index < -0.39 is 46.1 Å². The van der Waals surface area contributed by atoms with Gasteiger partial charge >= 0.3 is 5.97 Å². The van der Waals surface area contributed by atoms with Crippen molar-refractivity contribution in [2.45, 2.75) is 18.5 Å². The largest absolute Gasteiger partial charge is 0.480 e. The number of carboxylic acid groups (broad SMARTS) is 1. The third-order valence-electron chi connectivity index (χ3n) is 5.54. The number of nitro groups is 1. The van der Waals surface area contributed by atoms with Gasteiger partial charge in [-0.1, -0.05) is 12.1 Å². The second-order valence-electron chi connectivity index (χ2n) is 7.18. The number of carbonyl (C=O) groups is 3. The molecule has 4 rings (SSSR count). The van der Waals surface area contributed by atoms with Crippen molar-refractivity contribution in [2.75, 3.05) is 4.90 Å². The molecule has 2 aliphatic rings. The van der Waals surface area contributed by atoms with Gasteiger partial charge in [0.1, 0.15) is 5.54 Å². The Hall–Kier alpha value is -3.66. The lowest BCUT2D eigenvalue weighted by atomic mass is 9.81. The van der Waals surface area contributed by atoms with Crippen molar-refractivity contribution in [3.63, 3.8) is 0 Å². The van der Waals surface area contributed by atoms with Crippen LogP contribution < -0.4 is 10.2 Å². The van der Waals surface area contributed by atoms with Gasteiger partial charge in [0.05, 0.1) is 34.2 Å². The first kappa shape index (κ1) is 18.7. The molecule has 2 fully saturated rings. The molecule has 0 radical (unpaired) electrons. The van der Waals surface area contributed by atoms with Crippen LogP contribution in [0.25, 0.3) is 0 Å². The zero-order valence-corrected chi connectivity index (χ0v) is 15.2. The molecule has 10 heteroatoms. The molecular formula is C19H16N4O6. The van der Waals surface area contributed by atoms with Crippen molar-refractivity contribution in [1.29, 1.82) is 0 Å². The summed E-state index contributed by atoms with van der Waals surface area (Å²) in [5, 5.41) is 23.8. The van der Waals surface area contributed by atoms with E-state index in [0.717, 1.165) is 11.0 Å². The summed E-state index contributed by atoms with van der Waals surface area (Å²) in [6.45, 7) is 1.36. The van der Waals surface area contributed by atoms with E-state index in [9.17, 15) is 29.6 Å². The molecule has 2 saturated heterocycles. The van der Waals surface area contributed by atoms with Crippen molar-refractivity contribution in [3.05, 3.63) is 64.5 Å². The summed E-state index contributed by atoms with van der Waals surface area (Å²) in [7, 11) is 0. The van der Waals surface area contributed by atoms with Crippen molar-refractivity contribution < 1.29 is 24.4 Å². The van der Waals surface area contributed by atoms with Gasteiger partial charge in [-0.2, -0.15) is 0 Å². The first-order valence-electron chi connectivity index (χ1n) is 8.80. The minimum absolute atomic E-state index is 0.0381. The number of nitrogens with one attached hydrogen (secondary N) is 1. The van der Waals surface area contributed by atoms with Crippen molar-refractivity contribution in [2.24, 2.45) is 11.8 Å². The highest BCUT2D eigenvalue weighted by molar-refractivity contribution is 6.24. The van der Waals surface area contributed by atoms with Crippen LogP contribution in [0.1, 0.15) is 18.7 Å². The number of anilines is 1. The second kappa shape index (κ2) is 6.45. The number of nitro benzene ring substituents is 1. The van der Waals surface area contributed by atoms with Gasteiger partial charge < -0.3 is 5.11 Å². The zero-order chi connectivity index (χ0) is 20.9. The fourth-order valence-electron chi connectivity index (χ4n) is 4.15. The fraction of sp³-hybridized carbons (Fsp3) is 0.263. The maximum Gasteiger partial charge on any atom is 0.324 e. The van der Waals surface area contributed by atoms with Crippen LogP contribution >= 0.6 is 0 Å². The number of hydrogen-bond acceptors (Lipinski definition) is 7. The smallest absolute Gasteiger partial charge is 0.324 e. The van der Waals surface area contributed by atoms with E-state index in [1.807, 2.05) is 0 Å². The topological polar surface area (TPSA) is 143 Å². The molecule has 0 bridgehead atoms. The summed E-state index contributed by atoms with van der Waals surface area (Å²) in [5.41, 5.74) is -1.50. The summed E-state index contributed by atoms with van der Waals surface area (Å²) in [4.78, 5) is 54.0. The van der Waals surface area contributed by atoms with Crippen molar-refractivity contribution >= 4 is 29.2 Å². The molecule has 3 heterocycles. The van der Waals surface area contributed by atoms with E-state index in [1.54, 1.807) is 18.2 Å². The Balaban J connectivity index is 1.82. The zero-order valence-electron chi connectivity index (χ0n) is 15.2. The number of imide groups is 1. The lowest BCUT2D eigenvalue weighted by Gasteiger charge is -2.27. The number of amides is 2. The number of non-ortho nitro benzene ring substituents is 1. The van der Waals surface area contributed by atoms with Gasteiger partial charge in [0.15, 0.2) is 0 Å². The Bertz CT molecular complexity index is 1040. The summed E-state index contributed by atoms with van der Waals surface area (Å²) in [6.07, 6.45) is 1.52. The number of fused-ring (bicyclic) bond motifs is 1. The number of aliphatic carboxylic acids is 1. The molecule has 4 atom stereocenters. The Labute approximate surface area is 164 Å². The van der Waals surface area contributed by atoms with E-state index in [1.165, 1.54) is 31.3 Å². The van der Waals surface area contributed by atoms with E-state index in [0.29, 0.717) is 5.69 Å². The summed E-state index contributed by atoms with van der Waals surface area (Å²) < 4.78 is 0. The SMILES string of the molecule is CC1(C(=O)O)NC(c2ccccn2)C2C(=O)N(c3cccc([N+](=O)[O-])c3)C(=O)C21. The second-order valence-corrected chi connectivity index (χ2v) is 7.18. The van der Waals surface area contributed by atoms with Gasteiger partial charge in [-0.3, -0.25) is 34.8 Å². The van der Waals surface area contributed by atoms with Crippen molar-refractivity contribution in [1.82, 2.24) is 10.3 Å². The van der Waals surface area contributed by atoms with Crippen LogP contribution in [0.3, 0.4) is 0 Å². The maximum atomic E-state index is 13.2. The molecule has 0 aliphatic carbocycles. The van der Waals surface area contributed by atoms with Gasteiger partial charge in [-0.05, 0) is 25.1 Å². The van der Waals surface area contributed by atoms with Crippen LogP contribution in [0.5, 0.6) is 0 Å². The van der Waals surface area contributed by atoms with Gasteiger partial charge in [0.25, 0.3) is 5.69 Å². The van der Waals surface area contributed by atoms with Crippen LogP contribution in [0.2, 0.25) is 0 Å². The van der Waals surface area contributed by atoms with Crippen LogP contribution in [0.4, 0.5) is 11.4 Å². The van der Waals surface area contributed by atoms with Crippen LogP contribution in [-0.4, -0.2) is 38.3 Å². The standard InChI is InChI=1S/C19H16N4O6/c1-19(18(26)27)14-13(15(21-19)12-7-2-3-8-20-12)16(24)22(17(14)25)10-5-4-6-11(9-10)23(28)29/h2-9,13-15,21H,1H3,(H,26,27). The van der Waals surface area contributed by atoms with Crippen LogP contribution in [0, 0.1) is 22.0 Å². The molecule has 2 N–H and O–H groups in total. The summed E-state index contributed by atoms with van der Waals surface area (Å²) in [5.74, 6) is -4.78. The monoisotopic (exact) mass is 396 g/mol. The lowest BCUT2D eigenvalue weighted by Crippen LogP contribution is -2.53. The highest BCUT2D eigenvalue weighted by Gasteiger charge is 2.67. The molecule has 0 saturated carbocycles. The average Bonchev–Trinajstić information content (AvgIpc) is 3.17. The normalized spacial score (nSPS) is 28.4. The molecular weight excluding hydrogens is 380 g/mol. The van der Waals surface area contributed by atoms with E-state index in [2.05, 4.69) is 10.3 Å². The number of nitrogens with zero attached hydrogens (tertiary/aromatic N) is 3. The number of hydrogen-bond donors (Lipinski definition) is 2. The molecule has 2 aromatic rings. The minimum atomic E-state index is -1.70. The molecule has 1 aromatic carbocycles. The summed E-state index contributed by atoms with van der Waals surface area (Å²) >= 11 is 0. The first-order valence-corrected chi connectivity index (χ1v) is 8.80. The molecule has 10 nitrogen and oxygen atoms in total. The van der Waals surface area contributed by atoms with Crippen LogP contribution in [0.15, 0.2) is 48.7 Å². The third kappa shape index (κ3) is 2.68. The quantitative estimate of drug-likeness (QED) is 0.447. The van der Waals surface area contributed by atoms with Crippen LogP contribution in [-0.2, 0) is 14.4 Å². The maximum absolute atomic E-state index is 13.2. The van der Waals surface area contributed by atoms with E-state index in [4.69, 9.17) is 0 Å². The third-order valence-corrected chi connectivity index (χ3v) is 5.54. The predicted molar refractivity (Wildman–Crippen MR) is 98.7 cm³/mol. The molecule has 2 amide bonds. The van der Waals surface area contributed by atoms with Gasteiger partial charge in [0, 0.05) is 18.3 Å². The van der Waals surface area contributed by atoms with Gasteiger partial charge in [-0.15, -0.1) is 0 Å². The Morgan fingerprint density at radius 2 is 2.00 bits per heavy atom. The predicted octanol–water partition coefficient (Wildman–Crippen LogP) is 1.28. The Morgan fingerprint density at radius 1 is 1.24 bits per heavy atom. The van der Waals surface area contributed by atoms with Gasteiger partial charge in [0.2, 0.25) is 11.8 Å². The number of pyridine rings is 1. The fourth-order valence-corrected chi connectivity index (χ4v) is 4.15.